The van der Waals surface area contributed by atoms with Crippen LogP contribution in [0.25, 0.3) is 0 Å². The fourth-order valence-corrected chi connectivity index (χ4v) is 2.03. The van der Waals surface area contributed by atoms with Crippen molar-refractivity contribution >= 4 is 18.5 Å². The first kappa shape index (κ1) is 16.2. The zero-order valence-corrected chi connectivity index (χ0v) is 11.6. The van der Waals surface area contributed by atoms with E-state index in [1.807, 2.05) is 0 Å². The number of aliphatic hydroxyl groups excluding tert-OH is 1. The Balaban J connectivity index is 2.18. The van der Waals surface area contributed by atoms with Crippen molar-refractivity contribution in [2.24, 2.45) is 0 Å². The maximum absolute atomic E-state index is 13.9. The summed E-state index contributed by atoms with van der Waals surface area (Å²) < 4.78 is 13.9. The van der Waals surface area contributed by atoms with Gasteiger partial charge in [-0.15, -0.1) is 0 Å². The molecular formula is C15H15BFNO4. The van der Waals surface area contributed by atoms with E-state index < -0.39 is 24.9 Å². The molecule has 0 fully saturated rings. The van der Waals surface area contributed by atoms with E-state index in [4.69, 9.17) is 10.0 Å². The monoisotopic (exact) mass is 303 g/mol. The fourth-order valence-electron chi connectivity index (χ4n) is 2.03. The van der Waals surface area contributed by atoms with Crippen molar-refractivity contribution in [3.05, 3.63) is 65.5 Å². The average molecular weight is 303 g/mol. The molecule has 0 aromatic heterocycles. The van der Waals surface area contributed by atoms with Gasteiger partial charge in [-0.1, -0.05) is 36.4 Å². The number of hydrogen-bond donors (Lipinski definition) is 4. The van der Waals surface area contributed by atoms with Gasteiger partial charge in [-0.05, 0) is 23.2 Å². The van der Waals surface area contributed by atoms with Crippen molar-refractivity contribution in [2.75, 3.05) is 6.61 Å². The van der Waals surface area contributed by atoms with Crippen molar-refractivity contribution in [3.63, 3.8) is 0 Å². The van der Waals surface area contributed by atoms with Crippen LogP contribution in [0.15, 0.2) is 48.5 Å². The molecular weight excluding hydrogens is 288 g/mol. The molecule has 0 aliphatic heterocycles. The molecule has 1 unspecified atom stereocenters. The predicted molar refractivity (Wildman–Crippen MR) is 80.0 cm³/mol. The standard InChI is InChI=1S/C15H15BFNO4/c17-13-8-11(16(21)22)6-7-12(13)15(20)18-14(9-19)10-4-2-1-3-5-10/h1-8,14,19,21-22H,9H2,(H,18,20). The van der Waals surface area contributed by atoms with Gasteiger partial charge in [-0.2, -0.15) is 0 Å². The Hall–Kier alpha value is -2.22. The van der Waals surface area contributed by atoms with Crippen molar-refractivity contribution in [1.82, 2.24) is 5.32 Å². The van der Waals surface area contributed by atoms with Crippen molar-refractivity contribution in [2.45, 2.75) is 6.04 Å². The highest BCUT2D eigenvalue weighted by Gasteiger charge is 2.20. The third-order valence-corrected chi connectivity index (χ3v) is 3.23. The summed E-state index contributed by atoms with van der Waals surface area (Å²) in [7, 11) is -1.80. The van der Waals surface area contributed by atoms with Gasteiger partial charge < -0.3 is 20.5 Å². The molecule has 0 aliphatic carbocycles. The van der Waals surface area contributed by atoms with Crippen LogP contribution >= 0.6 is 0 Å². The smallest absolute Gasteiger partial charge is 0.423 e. The number of carbonyl (C=O) groups excluding carboxylic acids is 1. The molecule has 0 heterocycles. The molecule has 0 aliphatic rings. The minimum absolute atomic E-state index is 0.0455. The van der Waals surface area contributed by atoms with Gasteiger partial charge >= 0.3 is 7.12 Å². The molecule has 5 nitrogen and oxygen atoms in total. The Labute approximate surface area is 127 Å². The topological polar surface area (TPSA) is 89.8 Å². The molecule has 1 amide bonds. The lowest BCUT2D eigenvalue weighted by molar-refractivity contribution is 0.0912. The number of carbonyl (C=O) groups is 1. The lowest BCUT2D eigenvalue weighted by atomic mass is 9.80. The molecule has 0 bridgehead atoms. The van der Waals surface area contributed by atoms with E-state index in [0.717, 1.165) is 6.07 Å². The average Bonchev–Trinajstić information content (AvgIpc) is 2.53. The largest absolute Gasteiger partial charge is 0.488 e. The van der Waals surface area contributed by atoms with Gasteiger partial charge in [0.05, 0.1) is 18.2 Å². The second kappa shape index (κ2) is 7.17. The van der Waals surface area contributed by atoms with Crippen LogP contribution in [-0.2, 0) is 0 Å². The van der Waals surface area contributed by atoms with Crippen LogP contribution in [0, 0.1) is 5.82 Å². The van der Waals surface area contributed by atoms with Crippen LogP contribution in [0.1, 0.15) is 22.0 Å². The lowest BCUT2D eigenvalue weighted by Gasteiger charge is -2.17. The number of amides is 1. The molecule has 1 atom stereocenters. The summed E-state index contributed by atoms with van der Waals surface area (Å²) in [5.74, 6) is -1.56. The number of hydrogen-bond acceptors (Lipinski definition) is 4. The summed E-state index contributed by atoms with van der Waals surface area (Å²) in [6.45, 7) is -0.329. The zero-order valence-electron chi connectivity index (χ0n) is 11.6. The first-order chi connectivity index (χ1) is 10.5. The van der Waals surface area contributed by atoms with Gasteiger partial charge in [0.15, 0.2) is 0 Å². The zero-order chi connectivity index (χ0) is 16.1. The summed E-state index contributed by atoms with van der Waals surface area (Å²) in [5.41, 5.74) is 0.413. The fraction of sp³-hybridized carbons (Fsp3) is 0.133. The Kier molecular flexibility index (Phi) is 5.27. The SMILES string of the molecule is O=C(NC(CO)c1ccccc1)c1ccc(B(O)O)cc1F. The van der Waals surface area contributed by atoms with Crippen LogP contribution in [-0.4, -0.2) is 34.8 Å². The Morgan fingerprint density at radius 3 is 2.41 bits per heavy atom. The van der Waals surface area contributed by atoms with Crippen LogP contribution in [0.3, 0.4) is 0 Å². The van der Waals surface area contributed by atoms with Crippen molar-refractivity contribution < 1.29 is 24.3 Å². The normalized spacial score (nSPS) is 11.8. The van der Waals surface area contributed by atoms with E-state index in [2.05, 4.69) is 5.32 Å². The quantitative estimate of drug-likeness (QED) is 0.584. The highest BCUT2D eigenvalue weighted by molar-refractivity contribution is 6.58. The van der Waals surface area contributed by atoms with Crippen LogP contribution in [0.5, 0.6) is 0 Å². The molecule has 4 N–H and O–H groups in total. The van der Waals surface area contributed by atoms with Gasteiger partial charge in [0.1, 0.15) is 5.82 Å². The highest BCUT2D eigenvalue weighted by atomic mass is 19.1. The third kappa shape index (κ3) is 3.70. The van der Waals surface area contributed by atoms with E-state index in [1.165, 1.54) is 12.1 Å². The van der Waals surface area contributed by atoms with Gasteiger partial charge in [0.2, 0.25) is 0 Å². The predicted octanol–water partition coefficient (Wildman–Crippen LogP) is -0.0311. The van der Waals surface area contributed by atoms with Crippen molar-refractivity contribution in [3.8, 4) is 0 Å². The number of benzene rings is 2. The van der Waals surface area contributed by atoms with Gasteiger partial charge in [0.25, 0.3) is 5.91 Å². The Morgan fingerprint density at radius 2 is 1.86 bits per heavy atom. The highest BCUT2D eigenvalue weighted by Crippen LogP contribution is 2.13. The van der Waals surface area contributed by atoms with Crippen molar-refractivity contribution in [1.29, 1.82) is 0 Å². The van der Waals surface area contributed by atoms with E-state index in [9.17, 15) is 14.3 Å². The summed E-state index contributed by atoms with van der Waals surface area (Å²) in [6, 6.07) is 11.5. The summed E-state index contributed by atoms with van der Waals surface area (Å²) in [5, 5.41) is 29.9. The first-order valence-corrected chi connectivity index (χ1v) is 6.65. The second-order valence-corrected chi connectivity index (χ2v) is 4.73. The molecule has 22 heavy (non-hydrogen) atoms. The minimum atomic E-state index is -1.80. The summed E-state index contributed by atoms with van der Waals surface area (Å²) in [6.07, 6.45) is 0. The Bertz CT molecular complexity index is 651. The molecule has 0 saturated heterocycles. The molecule has 0 saturated carbocycles. The Morgan fingerprint density at radius 1 is 1.18 bits per heavy atom. The van der Waals surface area contributed by atoms with E-state index in [0.29, 0.717) is 5.56 Å². The molecule has 7 heteroatoms. The molecule has 2 aromatic carbocycles. The minimum Gasteiger partial charge on any atom is -0.423 e. The van der Waals surface area contributed by atoms with Gasteiger partial charge in [0, 0.05) is 0 Å². The molecule has 0 radical (unpaired) electrons. The lowest BCUT2D eigenvalue weighted by Crippen LogP contribution is -2.33. The second-order valence-electron chi connectivity index (χ2n) is 4.73. The van der Waals surface area contributed by atoms with Crippen LogP contribution < -0.4 is 10.8 Å². The molecule has 114 valence electrons. The van der Waals surface area contributed by atoms with E-state index in [-0.39, 0.29) is 17.6 Å². The molecule has 2 rings (SSSR count). The maximum atomic E-state index is 13.9. The summed E-state index contributed by atoms with van der Waals surface area (Å²) >= 11 is 0. The van der Waals surface area contributed by atoms with E-state index in [1.54, 1.807) is 30.3 Å². The van der Waals surface area contributed by atoms with Crippen LogP contribution in [0.2, 0.25) is 0 Å². The maximum Gasteiger partial charge on any atom is 0.488 e. The first-order valence-electron chi connectivity index (χ1n) is 6.65. The van der Waals surface area contributed by atoms with Gasteiger partial charge in [-0.3, -0.25) is 4.79 Å². The third-order valence-electron chi connectivity index (χ3n) is 3.23. The van der Waals surface area contributed by atoms with E-state index >= 15 is 0 Å². The summed E-state index contributed by atoms with van der Waals surface area (Å²) in [4.78, 5) is 12.1. The number of aliphatic hydroxyl groups is 1. The number of rotatable bonds is 5. The van der Waals surface area contributed by atoms with Crippen LogP contribution in [0.4, 0.5) is 4.39 Å². The van der Waals surface area contributed by atoms with Gasteiger partial charge in [-0.25, -0.2) is 4.39 Å². The number of nitrogens with one attached hydrogen (secondary N) is 1. The molecule has 2 aromatic rings. The number of halogens is 1. The molecule has 0 spiro atoms.